The van der Waals surface area contributed by atoms with Crippen LogP contribution in [0.3, 0.4) is 0 Å². The first kappa shape index (κ1) is 37.0. The molecule has 3 aromatic carbocycles. The second-order valence-electron chi connectivity index (χ2n) is 10.6. The lowest BCUT2D eigenvalue weighted by Crippen LogP contribution is -2.34. The van der Waals surface area contributed by atoms with Gasteiger partial charge in [0, 0.05) is 24.2 Å². The number of nitrogens with one attached hydrogen (secondary N) is 1. The zero-order valence-corrected chi connectivity index (χ0v) is 25.8. The van der Waals surface area contributed by atoms with E-state index in [1.165, 1.54) is 26.4 Å². The summed E-state index contributed by atoms with van der Waals surface area (Å²) in [5.41, 5.74) is -4.32. The highest BCUT2D eigenvalue weighted by molar-refractivity contribution is 8.12. The molecular weight excluding hydrogens is 656 g/mol. The molecule has 0 aliphatic rings. The Balaban J connectivity index is 2.14. The van der Waals surface area contributed by atoms with Crippen molar-refractivity contribution < 1.29 is 58.2 Å². The maximum absolute atomic E-state index is 14.7. The number of carbonyl (C=O) groups excluding carboxylic acids is 1. The maximum atomic E-state index is 14.7. The van der Waals surface area contributed by atoms with Gasteiger partial charge in [0.2, 0.25) is 0 Å². The number of hydrogen-bond acceptors (Lipinski definition) is 5. The van der Waals surface area contributed by atoms with E-state index >= 15 is 0 Å². The molecule has 252 valence electrons. The molecule has 2 atom stereocenters. The van der Waals surface area contributed by atoms with Gasteiger partial charge in [0.25, 0.3) is 0 Å². The van der Waals surface area contributed by atoms with Crippen LogP contribution in [-0.4, -0.2) is 24.7 Å². The van der Waals surface area contributed by atoms with Gasteiger partial charge in [0.05, 0.1) is 23.8 Å². The highest BCUT2D eigenvalue weighted by Crippen LogP contribution is 2.41. The molecule has 0 bridgehead atoms. The number of carbonyl (C=O) groups is 1. The zero-order chi connectivity index (χ0) is 34.8. The van der Waals surface area contributed by atoms with Gasteiger partial charge in [-0.15, -0.1) is 0 Å². The fourth-order valence-electron chi connectivity index (χ4n) is 4.70. The van der Waals surface area contributed by atoms with E-state index in [4.69, 9.17) is 9.47 Å². The third-order valence-corrected chi connectivity index (χ3v) is 7.49. The Morgan fingerprint density at radius 2 is 1.37 bits per heavy atom. The van der Waals surface area contributed by atoms with Gasteiger partial charge in [0.15, 0.2) is 0 Å². The molecule has 0 saturated heterocycles. The van der Waals surface area contributed by atoms with E-state index in [-0.39, 0.29) is 40.0 Å². The van der Waals surface area contributed by atoms with Gasteiger partial charge in [-0.25, -0.2) is 9.18 Å². The first-order chi connectivity index (χ1) is 21.2. The van der Waals surface area contributed by atoms with E-state index in [9.17, 15) is 48.7 Å². The molecule has 46 heavy (non-hydrogen) atoms. The lowest BCUT2D eigenvalue weighted by molar-refractivity contribution is -0.143. The van der Waals surface area contributed by atoms with E-state index < -0.39 is 70.6 Å². The van der Waals surface area contributed by atoms with Gasteiger partial charge in [0.1, 0.15) is 17.7 Å². The van der Waals surface area contributed by atoms with Crippen LogP contribution in [0.4, 0.5) is 48.7 Å². The van der Waals surface area contributed by atoms with Crippen LogP contribution in [0.1, 0.15) is 66.2 Å². The number of hydrogen-bond donors (Lipinski definition) is 1. The Hall–Kier alpha value is -3.46. The topological polar surface area (TPSA) is 47.6 Å². The van der Waals surface area contributed by atoms with Gasteiger partial charge >= 0.3 is 23.8 Å². The van der Waals surface area contributed by atoms with E-state index in [2.05, 4.69) is 5.32 Å². The van der Waals surface area contributed by atoms with Crippen molar-refractivity contribution in [3.63, 3.8) is 0 Å². The molecule has 0 aromatic heterocycles. The second kappa shape index (κ2) is 14.1. The average Bonchev–Trinajstić information content (AvgIpc) is 2.96. The minimum absolute atomic E-state index is 0.00591. The first-order valence-electron chi connectivity index (χ1n) is 13.5. The standard InChI is InChI=1S/C31H29F10NO3S/c1-15(2)23-12-24(26(44-4)13-25(23)32)22-7-6-19(29(33,34)35)10-18(22)14-42-16(3)27(45-28(43)46-5)17-8-20(30(36,37)38)11-21(9-17)31(39,40)41/h6-13,15-16,27,42H,14H2,1-5H3/t16-,27-/m0/s1. The fraction of sp³-hybridized carbons (Fsp3) is 0.387. The molecule has 0 amide bonds. The SMILES string of the molecule is COc1cc(F)c(C(C)C)cc1-c1ccc(C(F)(F)F)cc1CN[C@@H](C)[C@H](OC(=O)SC)c1cc(C(F)(F)F)cc(C(F)(F)F)c1. The normalized spacial score (nSPS) is 13.9. The zero-order valence-electron chi connectivity index (χ0n) is 25.0. The van der Waals surface area contributed by atoms with Crippen LogP contribution >= 0.6 is 11.8 Å². The van der Waals surface area contributed by atoms with Crippen molar-refractivity contribution in [2.75, 3.05) is 13.4 Å². The van der Waals surface area contributed by atoms with Gasteiger partial charge in [-0.05, 0) is 89.5 Å². The molecule has 1 N–H and O–H groups in total. The summed E-state index contributed by atoms with van der Waals surface area (Å²) < 4.78 is 148. The van der Waals surface area contributed by atoms with Crippen LogP contribution in [-0.2, 0) is 29.8 Å². The fourth-order valence-corrected chi connectivity index (χ4v) is 4.90. The molecule has 0 aliphatic heterocycles. The van der Waals surface area contributed by atoms with Gasteiger partial charge in [-0.2, -0.15) is 39.5 Å². The Kier molecular flexibility index (Phi) is 11.4. The molecule has 0 unspecified atom stereocenters. The Bertz CT molecular complexity index is 1520. The molecule has 0 fully saturated rings. The largest absolute Gasteiger partial charge is 0.496 e. The lowest BCUT2D eigenvalue weighted by Gasteiger charge is -2.27. The highest BCUT2D eigenvalue weighted by Gasteiger charge is 2.39. The average molecular weight is 686 g/mol. The highest BCUT2D eigenvalue weighted by atomic mass is 32.2. The van der Waals surface area contributed by atoms with Crippen LogP contribution in [0.15, 0.2) is 48.5 Å². The Morgan fingerprint density at radius 1 is 0.804 bits per heavy atom. The Morgan fingerprint density at radius 3 is 1.85 bits per heavy atom. The van der Waals surface area contributed by atoms with Crippen molar-refractivity contribution in [1.29, 1.82) is 0 Å². The van der Waals surface area contributed by atoms with Crippen LogP contribution in [0.25, 0.3) is 11.1 Å². The number of rotatable bonds is 9. The molecule has 0 saturated carbocycles. The predicted octanol–water partition coefficient (Wildman–Crippen LogP) is 10.4. The lowest BCUT2D eigenvalue weighted by atomic mass is 9.92. The number of benzene rings is 3. The molecular formula is C31H29F10NO3S. The summed E-state index contributed by atoms with van der Waals surface area (Å²) in [6.07, 6.45) is -15.6. The molecule has 3 rings (SSSR count). The molecule has 4 nitrogen and oxygen atoms in total. The summed E-state index contributed by atoms with van der Waals surface area (Å²) in [4.78, 5) is 12.2. The van der Waals surface area contributed by atoms with Gasteiger partial charge in [-0.1, -0.05) is 19.9 Å². The quantitative estimate of drug-likeness (QED) is 0.180. The van der Waals surface area contributed by atoms with E-state index in [0.717, 1.165) is 24.3 Å². The van der Waals surface area contributed by atoms with Crippen molar-refractivity contribution in [2.45, 2.75) is 63.9 Å². The van der Waals surface area contributed by atoms with Crippen LogP contribution in [0.5, 0.6) is 5.75 Å². The minimum atomic E-state index is -5.18. The molecule has 0 spiro atoms. The predicted molar refractivity (Wildman–Crippen MR) is 153 cm³/mol. The summed E-state index contributed by atoms with van der Waals surface area (Å²) in [5.74, 6) is -0.915. The smallest absolute Gasteiger partial charge is 0.416 e. The van der Waals surface area contributed by atoms with E-state index in [0.29, 0.717) is 23.9 Å². The number of halogens is 10. The number of methoxy groups -OCH3 is 1. The molecule has 0 heterocycles. The minimum Gasteiger partial charge on any atom is -0.496 e. The van der Waals surface area contributed by atoms with Crippen LogP contribution < -0.4 is 10.1 Å². The molecule has 3 aromatic rings. The summed E-state index contributed by atoms with van der Waals surface area (Å²) in [6.45, 7) is 4.27. The monoisotopic (exact) mass is 685 g/mol. The summed E-state index contributed by atoms with van der Waals surface area (Å²) >= 11 is 0.509. The summed E-state index contributed by atoms with van der Waals surface area (Å²) in [7, 11) is 1.24. The number of ether oxygens (including phenoxy) is 2. The third-order valence-electron chi connectivity index (χ3n) is 7.06. The molecule has 0 radical (unpaired) electrons. The van der Waals surface area contributed by atoms with E-state index in [1.807, 2.05) is 0 Å². The second-order valence-corrected chi connectivity index (χ2v) is 11.3. The Labute approximate surface area is 262 Å². The van der Waals surface area contributed by atoms with Crippen LogP contribution in [0.2, 0.25) is 0 Å². The van der Waals surface area contributed by atoms with Crippen LogP contribution in [0, 0.1) is 5.82 Å². The molecule has 15 heteroatoms. The van der Waals surface area contributed by atoms with Crippen molar-refractivity contribution in [2.24, 2.45) is 0 Å². The van der Waals surface area contributed by atoms with Crippen molar-refractivity contribution in [3.8, 4) is 16.9 Å². The first-order valence-corrected chi connectivity index (χ1v) is 14.7. The number of thioether (sulfide) groups is 1. The third kappa shape index (κ3) is 8.87. The van der Waals surface area contributed by atoms with Gasteiger partial charge in [-0.3, -0.25) is 0 Å². The molecule has 0 aliphatic carbocycles. The maximum Gasteiger partial charge on any atom is 0.416 e. The summed E-state index contributed by atoms with van der Waals surface area (Å²) in [5, 5.41) is 1.76. The van der Waals surface area contributed by atoms with Crippen molar-refractivity contribution in [1.82, 2.24) is 5.32 Å². The van der Waals surface area contributed by atoms with Crippen molar-refractivity contribution >= 4 is 17.1 Å². The van der Waals surface area contributed by atoms with Crippen molar-refractivity contribution in [3.05, 3.63) is 87.7 Å². The summed E-state index contributed by atoms with van der Waals surface area (Å²) in [6, 6.07) is 4.81. The van der Waals surface area contributed by atoms with E-state index in [1.54, 1.807) is 13.8 Å². The van der Waals surface area contributed by atoms with Gasteiger partial charge < -0.3 is 14.8 Å². The number of alkyl halides is 9.